The minimum atomic E-state index is -0.589. The Balaban J connectivity index is 2.16. The first-order valence-corrected chi connectivity index (χ1v) is 9.01. The average Bonchev–Trinajstić information content (AvgIpc) is 2.57. The van der Waals surface area contributed by atoms with Gasteiger partial charge in [0.2, 0.25) is 0 Å². The average molecular weight is 418 g/mol. The highest BCUT2D eigenvalue weighted by atomic mass is 79.9. The molecule has 1 aliphatic heterocycles. The monoisotopic (exact) mass is 417 g/mol. The summed E-state index contributed by atoms with van der Waals surface area (Å²) in [6.45, 7) is 3.93. The largest absolute Gasteiger partial charge is 0.491 e. The third-order valence-corrected chi connectivity index (χ3v) is 4.73. The van der Waals surface area contributed by atoms with Gasteiger partial charge < -0.3 is 19.7 Å². The molecule has 1 saturated heterocycles. The lowest BCUT2D eigenvalue weighted by atomic mass is 10.1. The fourth-order valence-corrected chi connectivity index (χ4v) is 2.92. The summed E-state index contributed by atoms with van der Waals surface area (Å²) in [5, 5.41) is 3.28. The predicted octanol–water partition coefficient (Wildman–Crippen LogP) is 1.62. The number of likely N-dealkylation sites (N-methyl/N-ethyl adjacent to an activating group) is 2. The van der Waals surface area contributed by atoms with Gasteiger partial charge in [0.05, 0.1) is 10.5 Å². The van der Waals surface area contributed by atoms with Gasteiger partial charge in [0.15, 0.2) is 17.9 Å². The molecule has 1 heterocycles. The minimum Gasteiger partial charge on any atom is -0.491 e. The molecule has 1 aliphatic rings. The second kappa shape index (κ2) is 9.47. The summed E-state index contributed by atoms with van der Waals surface area (Å²) in [6, 6.07) is 1.58. The number of hydrogen-bond donors (Lipinski definition) is 1. The number of aldehydes is 1. The molecule has 0 bridgehead atoms. The van der Waals surface area contributed by atoms with Crippen LogP contribution in [0.3, 0.4) is 0 Å². The molecule has 6 nitrogen and oxygen atoms in total. The molecule has 0 spiro atoms. The zero-order chi connectivity index (χ0) is 18.4. The third-order valence-electron chi connectivity index (χ3n) is 4.16. The van der Waals surface area contributed by atoms with Crippen molar-refractivity contribution in [2.75, 3.05) is 60.5 Å². The third kappa shape index (κ3) is 5.37. The number of nitrogens with zero attached hydrogens (tertiary/aromatic N) is 2. The zero-order valence-electron chi connectivity index (χ0n) is 14.8. The van der Waals surface area contributed by atoms with Crippen LogP contribution in [-0.2, 0) is 0 Å². The summed E-state index contributed by atoms with van der Waals surface area (Å²) in [6.07, 6.45) is 0.582. The van der Waals surface area contributed by atoms with Crippen LogP contribution in [0.1, 0.15) is 10.4 Å². The SMILES string of the molecule is CN(C)CCOc1cc(Br)c(F)c(OCC2CNCCN2C)c1C=O. The van der Waals surface area contributed by atoms with Crippen molar-refractivity contribution in [1.82, 2.24) is 15.1 Å². The van der Waals surface area contributed by atoms with Gasteiger partial charge in [-0.05, 0) is 43.1 Å². The Morgan fingerprint density at radius 3 is 2.88 bits per heavy atom. The maximum Gasteiger partial charge on any atom is 0.180 e. The lowest BCUT2D eigenvalue weighted by Crippen LogP contribution is -2.51. The van der Waals surface area contributed by atoms with Gasteiger partial charge in [-0.15, -0.1) is 0 Å². The number of hydrogen-bond acceptors (Lipinski definition) is 6. The van der Waals surface area contributed by atoms with Crippen molar-refractivity contribution in [2.24, 2.45) is 0 Å². The summed E-state index contributed by atoms with van der Waals surface area (Å²) in [7, 11) is 5.85. The summed E-state index contributed by atoms with van der Waals surface area (Å²) < 4.78 is 26.1. The van der Waals surface area contributed by atoms with Crippen molar-refractivity contribution in [3.8, 4) is 11.5 Å². The number of carbonyl (C=O) groups excluding carboxylic acids is 1. The molecule has 0 radical (unpaired) electrons. The number of halogens is 2. The van der Waals surface area contributed by atoms with Crippen LogP contribution in [0.2, 0.25) is 0 Å². The van der Waals surface area contributed by atoms with E-state index in [-0.39, 0.29) is 28.4 Å². The highest BCUT2D eigenvalue weighted by Crippen LogP contribution is 2.36. The topological polar surface area (TPSA) is 54.0 Å². The number of carbonyl (C=O) groups is 1. The van der Waals surface area contributed by atoms with Gasteiger partial charge in [0.1, 0.15) is 24.5 Å². The van der Waals surface area contributed by atoms with Gasteiger partial charge in [0.25, 0.3) is 0 Å². The molecule has 1 N–H and O–H groups in total. The molecule has 1 atom stereocenters. The first-order valence-electron chi connectivity index (χ1n) is 8.22. The number of piperazine rings is 1. The van der Waals surface area contributed by atoms with Gasteiger partial charge in [-0.3, -0.25) is 9.69 Å². The first kappa shape index (κ1) is 20.1. The Hall–Kier alpha value is -1.22. The molecule has 140 valence electrons. The van der Waals surface area contributed by atoms with E-state index in [9.17, 15) is 9.18 Å². The van der Waals surface area contributed by atoms with Crippen molar-refractivity contribution < 1.29 is 18.7 Å². The van der Waals surface area contributed by atoms with Crippen LogP contribution in [0.15, 0.2) is 10.5 Å². The Morgan fingerprint density at radius 1 is 1.48 bits per heavy atom. The minimum absolute atomic E-state index is 0.0665. The van der Waals surface area contributed by atoms with E-state index in [1.165, 1.54) is 6.07 Å². The normalized spacial score (nSPS) is 18.4. The van der Waals surface area contributed by atoms with Crippen molar-refractivity contribution >= 4 is 22.2 Å². The Kier molecular flexibility index (Phi) is 7.61. The van der Waals surface area contributed by atoms with Crippen LogP contribution in [-0.4, -0.2) is 82.7 Å². The summed E-state index contributed by atoms with van der Waals surface area (Å²) in [5.41, 5.74) is 0.103. The quantitative estimate of drug-likeness (QED) is 0.648. The Labute approximate surface area is 156 Å². The number of ether oxygens (including phenoxy) is 2. The van der Waals surface area contributed by atoms with Crippen LogP contribution >= 0.6 is 15.9 Å². The lowest BCUT2D eigenvalue weighted by molar-refractivity contribution is 0.110. The molecule has 2 rings (SSSR count). The lowest BCUT2D eigenvalue weighted by Gasteiger charge is -2.33. The predicted molar refractivity (Wildman–Crippen MR) is 98.3 cm³/mol. The van der Waals surface area contributed by atoms with Gasteiger partial charge in [0, 0.05) is 26.2 Å². The Bertz CT molecular complexity index is 601. The molecule has 0 aliphatic carbocycles. The fourth-order valence-electron chi connectivity index (χ4n) is 2.53. The number of nitrogens with one attached hydrogen (secondary N) is 1. The van der Waals surface area contributed by atoms with E-state index >= 15 is 0 Å². The summed E-state index contributed by atoms with van der Waals surface area (Å²) >= 11 is 3.17. The van der Waals surface area contributed by atoms with E-state index in [1.807, 2.05) is 26.0 Å². The van der Waals surface area contributed by atoms with Crippen LogP contribution in [0.5, 0.6) is 11.5 Å². The van der Waals surface area contributed by atoms with Crippen molar-refractivity contribution in [3.63, 3.8) is 0 Å². The van der Waals surface area contributed by atoms with Gasteiger partial charge in [-0.25, -0.2) is 4.39 Å². The standard InChI is InChI=1S/C17H25BrFN3O3/c1-21(2)6-7-24-15-8-14(18)16(19)17(13(15)10-23)25-11-12-9-20-4-5-22(12)3/h8,10,12,20H,4-7,9,11H2,1-3H3. The molecule has 25 heavy (non-hydrogen) atoms. The maximum absolute atomic E-state index is 14.5. The van der Waals surface area contributed by atoms with E-state index in [1.54, 1.807) is 0 Å². The summed E-state index contributed by atoms with van der Waals surface area (Å²) in [4.78, 5) is 15.7. The van der Waals surface area contributed by atoms with Crippen LogP contribution in [0, 0.1) is 5.82 Å². The van der Waals surface area contributed by atoms with Gasteiger partial charge in [-0.2, -0.15) is 0 Å². The van der Waals surface area contributed by atoms with E-state index in [0.29, 0.717) is 25.2 Å². The second-order valence-electron chi connectivity index (χ2n) is 6.33. The molecule has 0 aromatic heterocycles. The molecule has 0 saturated carbocycles. The first-order chi connectivity index (χ1) is 11.9. The van der Waals surface area contributed by atoms with Crippen LogP contribution < -0.4 is 14.8 Å². The van der Waals surface area contributed by atoms with Crippen LogP contribution in [0.25, 0.3) is 0 Å². The van der Waals surface area contributed by atoms with E-state index in [0.717, 1.165) is 19.6 Å². The zero-order valence-corrected chi connectivity index (χ0v) is 16.4. The van der Waals surface area contributed by atoms with Crippen molar-refractivity contribution in [2.45, 2.75) is 6.04 Å². The second-order valence-corrected chi connectivity index (χ2v) is 7.19. The molecule has 1 fully saturated rings. The molecule has 1 aromatic rings. The van der Waals surface area contributed by atoms with Gasteiger partial charge >= 0.3 is 0 Å². The van der Waals surface area contributed by atoms with E-state index < -0.39 is 5.82 Å². The van der Waals surface area contributed by atoms with Crippen LogP contribution in [0.4, 0.5) is 4.39 Å². The highest BCUT2D eigenvalue weighted by Gasteiger charge is 2.23. The van der Waals surface area contributed by atoms with Crippen molar-refractivity contribution in [1.29, 1.82) is 0 Å². The smallest absolute Gasteiger partial charge is 0.180 e. The molecular formula is C17H25BrFN3O3. The molecular weight excluding hydrogens is 393 g/mol. The van der Waals surface area contributed by atoms with E-state index in [2.05, 4.69) is 26.1 Å². The Morgan fingerprint density at radius 2 is 2.24 bits per heavy atom. The number of benzene rings is 1. The molecule has 0 amide bonds. The highest BCUT2D eigenvalue weighted by molar-refractivity contribution is 9.10. The molecule has 8 heteroatoms. The summed E-state index contributed by atoms with van der Waals surface area (Å²) in [5.74, 6) is -0.341. The molecule has 1 unspecified atom stereocenters. The fraction of sp³-hybridized carbons (Fsp3) is 0.588. The number of rotatable bonds is 8. The molecule has 1 aromatic carbocycles. The van der Waals surface area contributed by atoms with E-state index in [4.69, 9.17) is 9.47 Å². The maximum atomic E-state index is 14.5. The van der Waals surface area contributed by atoms with Gasteiger partial charge in [-0.1, -0.05) is 0 Å². The van der Waals surface area contributed by atoms with Crippen molar-refractivity contribution in [3.05, 3.63) is 21.9 Å².